The van der Waals surface area contributed by atoms with Crippen LogP contribution in [-0.2, 0) is 11.3 Å². The summed E-state index contributed by atoms with van der Waals surface area (Å²) in [5.41, 5.74) is 1.02. The number of hydrogen-bond donors (Lipinski definition) is 0. The van der Waals surface area contributed by atoms with E-state index in [0.29, 0.717) is 11.6 Å². The van der Waals surface area contributed by atoms with Crippen LogP contribution in [0.1, 0.15) is 10.4 Å². The summed E-state index contributed by atoms with van der Waals surface area (Å²) in [6.07, 6.45) is 3.43. The maximum Gasteiger partial charge on any atom is 0.246 e. The third kappa shape index (κ3) is 4.23. The van der Waals surface area contributed by atoms with E-state index in [1.807, 2.05) is 47.9 Å². The number of hydrogen-bond acceptors (Lipinski definition) is 2. The molecule has 0 saturated carbocycles. The minimum absolute atomic E-state index is 0.0200. The molecule has 0 aliphatic heterocycles. The average molecular weight is 292 g/mol. The quantitative estimate of drug-likeness (QED) is 0.778. The summed E-state index contributed by atoms with van der Waals surface area (Å²) in [6.45, 7) is 0.550. The van der Waals surface area contributed by atoms with Crippen molar-refractivity contribution in [3.8, 4) is 0 Å². The second-order valence-corrected chi connectivity index (χ2v) is 5.59. The summed E-state index contributed by atoms with van der Waals surface area (Å²) >= 11 is 7.53. The molecule has 1 heterocycles. The first-order chi connectivity index (χ1) is 9.15. The van der Waals surface area contributed by atoms with Gasteiger partial charge in [-0.2, -0.15) is 0 Å². The summed E-state index contributed by atoms with van der Waals surface area (Å²) in [7, 11) is 1.78. The number of carbonyl (C=O) groups is 1. The van der Waals surface area contributed by atoms with Crippen LogP contribution in [0.5, 0.6) is 0 Å². The van der Waals surface area contributed by atoms with Gasteiger partial charge in [-0.3, -0.25) is 4.79 Å². The highest BCUT2D eigenvalue weighted by molar-refractivity contribution is 7.10. The zero-order valence-electron chi connectivity index (χ0n) is 10.5. The van der Waals surface area contributed by atoms with Crippen LogP contribution >= 0.6 is 22.9 Å². The fraction of sp³-hybridized carbons (Fsp3) is 0.133. The molecule has 19 heavy (non-hydrogen) atoms. The van der Waals surface area contributed by atoms with E-state index in [2.05, 4.69) is 0 Å². The molecule has 1 amide bonds. The fourth-order valence-corrected chi connectivity index (χ4v) is 2.48. The van der Waals surface area contributed by atoms with Crippen LogP contribution in [0.15, 0.2) is 47.9 Å². The molecule has 0 spiro atoms. The van der Waals surface area contributed by atoms with Crippen LogP contribution < -0.4 is 0 Å². The molecule has 1 aromatic heterocycles. The summed E-state index contributed by atoms with van der Waals surface area (Å²) in [5.74, 6) is -0.0200. The molecule has 0 N–H and O–H groups in total. The van der Waals surface area contributed by atoms with Gasteiger partial charge < -0.3 is 4.90 Å². The lowest BCUT2D eigenvalue weighted by atomic mass is 10.2. The van der Waals surface area contributed by atoms with Gasteiger partial charge in [0.1, 0.15) is 0 Å². The van der Waals surface area contributed by atoms with E-state index >= 15 is 0 Å². The first-order valence-corrected chi connectivity index (χ1v) is 7.12. The Morgan fingerprint density at radius 1 is 1.37 bits per heavy atom. The Balaban J connectivity index is 1.96. The number of benzene rings is 1. The van der Waals surface area contributed by atoms with Gasteiger partial charge in [0.2, 0.25) is 5.91 Å². The predicted molar refractivity (Wildman–Crippen MR) is 81.3 cm³/mol. The van der Waals surface area contributed by atoms with Gasteiger partial charge in [0.05, 0.1) is 0 Å². The summed E-state index contributed by atoms with van der Waals surface area (Å²) < 4.78 is 0. The highest BCUT2D eigenvalue weighted by Crippen LogP contribution is 2.13. The number of nitrogens with zero attached hydrogens (tertiary/aromatic N) is 1. The monoisotopic (exact) mass is 291 g/mol. The van der Waals surface area contributed by atoms with E-state index in [-0.39, 0.29) is 5.91 Å². The zero-order chi connectivity index (χ0) is 13.7. The molecule has 2 rings (SSSR count). The number of likely N-dealkylation sites (N-methyl/N-ethyl adjacent to an activating group) is 1. The van der Waals surface area contributed by atoms with Crippen molar-refractivity contribution < 1.29 is 4.79 Å². The van der Waals surface area contributed by atoms with Gasteiger partial charge in [0.25, 0.3) is 0 Å². The predicted octanol–water partition coefficient (Wildman–Crippen LogP) is 4.07. The van der Waals surface area contributed by atoms with Crippen molar-refractivity contribution in [1.29, 1.82) is 0 Å². The molecule has 0 saturated heterocycles. The minimum atomic E-state index is -0.0200. The van der Waals surface area contributed by atoms with Crippen molar-refractivity contribution in [1.82, 2.24) is 4.90 Å². The molecule has 0 atom stereocenters. The van der Waals surface area contributed by atoms with Gasteiger partial charge in [-0.1, -0.05) is 29.8 Å². The topological polar surface area (TPSA) is 20.3 Å². The molecule has 1 aromatic carbocycles. The molecular weight excluding hydrogens is 278 g/mol. The average Bonchev–Trinajstić information content (AvgIpc) is 2.89. The molecule has 2 nitrogen and oxygen atoms in total. The Labute approximate surface area is 121 Å². The lowest BCUT2D eigenvalue weighted by Crippen LogP contribution is -2.24. The number of amides is 1. The first kappa shape index (κ1) is 13.8. The highest BCUT2D eigenvalue weighted by atomic mass is 35.5. The Morgan fingerprint density at radius 2 is 2.21 bits per heavy atom. The molecule has 4 heteroatoms. The maximum atomic E-state index is 11.9. The van der Waals surface area contributed by atoms with E-state index in [9.17, 15) is 4.79 Å². The van der Waals surface area contributed by atoms with Gasteiger partial charge in [-0.25, -0.2) is 0 Å². The molecule has 0 unspecified atom stereocenters. The minimum Gasteiger partial charge on any atom is -0.338 e. The van der Waals surface area contributed by atoms with Crippen molar-refractivity contribution >= 4 is 34.9 Å². The summed E-state index contributed by atoms with van der Waals surface area (Å²) in [5, 5.41) is 2.67. The molecule has 0 aliphatic carbocycles. The Hall–Kier alpha value is -1.58. The van der Waals surface area contributed by atoms with Gasteiger partial charge >= 0.3 is 0 Å². The van der Waals surface area contributed by atoms with E-state index in [4.69, 9.17) is 11.6 Å². The molecule has 0 fully saturated rings. The van der Waals surface area contributed by atoms with Crippen molar-refractivity contribution in [2.75, 3.05) is 7.05 Å². The van der Waals surface area contributed by atoms with Gasteiger partial charge in [0, 0.05) is 29.6 Å². The Morgan fingerprint density at radius 3 is 2.89 bits per heavy atom. The van der Waals surface area contributed by atoms with Crippen LogP contribution in [-0.4, -0.2) is 17.9 Å². The SMILES string of the molecule is CN(Cc1cccc(Cl)c1)C(=O)C=Cc1cccs1. The van der Waals surface area contributed by atoms with Crippen molar-refractivity contribution in [2.24, 2.45) is 0 Å². The Bertz CT molecular complexity index is 578. The van der Waals surface area contributed by atoms with E-state index in [0.717, 1.165) is 10.4 Å². The third-order valence-electron chi connectivity index (χ3n) is 2.62. The summed E-state index contributed by atoms with van der Waals surface area (Å²) in [4.78, 5) is 14.7. The van der Waals surface area contributed by atoms with Gasteiger partial charge in [0.15, 0.2) is 0 Å². The van der Waals surface area contributed by atoms with Crippen molar-refractivity contribution in [3.63, 3.8) is 0 Å². The standard InChI is InChI=1S/C15H14ClNOS/c1-17(11-12-4-2-5-13(16)10-12)15(18)8-7-14-6-3-9-19-14/h2-10H,11H2,1H3. The van der Waals surface area contributed by atoms with Gasteiger partial charge in [-0.05, 0) is 35.2 Å². The fourth-order valence-electron chi connectivity index (χ4n) is 1.65. The molecule has 2 aromatic rings. The lowest BCUT2D eigenvalue weighted by molar-refractivity contribution is -0.125. The number of carbonyl (C=O) groups excluding carboxylic acids is 1. The van der Waals surface area contributed by atoms with E-state index in [1.54, 1.807) is 29.4 Å². The third-order valence-corrected chi connectivity index (χ3v) is 3.69. The number of halogens is 1. The normalized spacial score (nSPS) is 10.8. The maximum absolute atomic E-state index is 11.9. The van der Waals surface area contributed by atoms with Crippen LogP contribution in [0.2, 0.25) is 5.02 Å². The first-order valence-electron chi connectivity index (χ1n) is 5.86. The smallest absolute Gasteiger partial charge is 0.246 e. The molecular formula is C15H14ClNOS. The summed E-state index contributed by atoms with van der Waals surface area (Å²) in [6, 6.07) is 11.5. The van der Waals surface area contributed by atoms with Crippen LogP contribution in [0.4, 0.5) is 0 Å². The van der Waals surface area contributed by atoms with Crippen LogP contribution in [0, 0.1) is 0 Å². The highest BCUT2D eigenvalue weighted by Gasteiger charge is 2.06. The van der Waals surface area contributed by atoms with Crippen molar-refractivity contribution in [3.05, 3.63) is 63.3 Å². The molecule has 0 bridgehead atoms. The van der Waals surface area contributed by atoms with E-state index in [1.165, 1.54) is 0 Å². The molecule has 0 radical (unpaired) electrons. The van der Waals surface area contributed by atoms with Crippen LogP contribution in [0.25, 0.3) is 6.08 Å². The second-order valence-electron chi connectivity index (χ2n) is 4.17. The largest absolute Gasteiger partial charge is 0.338 e. The number of thiophene rings is 1. The lowest BCUT2D eigenvalue weighted by Gasteiger charge is -2.15. The Kier molecular flexibility index (Phi) is 4.77. The van der Waals surface area contributed by atoms with Crippen LogP contribution in [0.3, 0.4) is 0 Å². The zero-order valence-corrected chi connectivity index (χ0v) is 12.1. The van der Waals surface area contributed by atoms with E-state index < -0.39 is 0 Å². The molecule has 0 aliphatic rings. The van der Waals surface area contributed by atoms with Crippen molar-refractivity contribution in [2.45, 2.75) is 6.54 Å². The second kappa shape index (κ2) is 6.55. The number of rotatable bonds is 4. The van der Waals surface area contributed by atoms with Gasteiger partial charge in [-0.15, -0.1) is 11.3 Å². The molecule has 98 valence electrons.